The predicted molar refractivity (Wildman–Crippen MR) is 61.7 cm³/mol. The second kappa shape index (κ2) is 4.49. The van der Waals surface area contributed by atoms with Crippen LogP contribution in [0, 0.1) is 17.0 Å². The number of hydrogen-bond acceptors (Lipinski definition) is 3. The smallest absolute Gasteiger partial charge is 0.269 e. The molecule has 1 saturated heterocycles. The van der Waals surface area contributed by atoms with Crippen LogP contribution in [0.3, 0.4) is 0 Å². The van der Waals surface area contributed by atoms with Gasteiger partial charge in [-0.2, -0.15) is 0 Å². The molecule has 0 unspecified atom stereocenters. The maximum atomic E-state index is 10.6. The summed E-state index contributed by atoms with van der Waals surface area (Å²) in [4.78, 5) is 12.6. The molecule has 5 heteroatoms. The number of nitrogens with two attached hydrogens (primary N) is 1. The minimum Gasteiger partial charge on any atom is -0.360 e. The molecule has 1 heterocycles. The van der Waals surface area contributed by atoms with E-state index in [4.69, 9.17) is 0 Å². The number of piperazine rings is 1. The van der Waals surface area contributed by atoms with Gasteiger partial charge in [0.2, 0.25) is 0 Å². The molecule has 1 aromatic rings. The predicted octanol–water partition coefficient (Wildman–Crippen LogP) is 0.287. The molecule has 86 valence electrons. The van der Waals surface area contributed by atoms with Gasteiger partial charge in [0.05, 0.1) is 31.1 Å². The van der Waals surface area contributed by atoms with Crippen molar-refractivity contribution in [3.8, 4) is 0 Å². The normalized spacial score (nSPS) is 16.2. The zero-order valence-corrected chi connectivity index (χ0v) is 9.35. The SMILES string of the molecule is Cc1cc([N+](=O)[O-])ccc1N1CC[NH2+]CC1. The molecule has 1 aliphatic rings. The van der Waals surface area contributed by atoms with Gasteiger partial charge in [-0.25, -0.2) is 0 Å². The summed E-state index contributed by atoms with van der Waals surface area (Å²) in [7, 11) is 0. The summed E-state index contributed by atoms with van der Waals surface area (Å²) in [5, 5.41) is 12.9. The number of quaternary nitrogens is 1. The molecule has 2 rings (SSSR count). The van der Waals surface area contributed by atoms with Gasteiger partial charge in [0, 0.05) is 17.8 Å². The second-order valence-electron chi connectivity index (χ2n) is 4.08. The van der Waals surface area contributed by atoms with Crippen LogP contribution in [-0.2, 0) is 0 Å². The first-order valence-corrected chi connectivity index (χ1v) is 5.50. The van der Waals surface area contributed by atoms with Gasteiger partial charge in [-0.05, 0) is 18.6 Å². The Morgan fingerprint density at radius 2 is 2.06 bits per heavy atom. The number of hydrogen-bond donors (Lipinski definition) is 1. The van der Waals surface area contributed by atoms with Crippen molar-refractivity contribution < 1.29 is 10.2 Å². The van der Waals surface area contributed by atoms with E-state index in [1.165, 1.54) is 0 Å². The summed E-state index contributed by atoms with van der Waals surface area (Å²) in [6, 6.07) is 5.09. The quantitative estimate of drug-likeness (QED) is 0.577. The Balaban J connectivity index is 2.24. The van der Waals surface area contributed by atoms with Crippen LogP contribution in [0.2, 0.25) is 0 Å². The fourth-order valence-corrected chi connectivity index (χ4v) is 2.10. The summed E-state index contributed by atoms with van der Waals surface area (Å²) >= 11 is 0. The Kier molecular flexibility index (Phi) is 3.05. The first kappa shape index (κ1) is 10.9. The molecular weight excluding hydrogens is 206 g/mol. The van der Waals surface area contributed by atoms with E-state index in [2.05, 4.69) is 10.2 Å². The van der Waals surface area contributed by atoms with Crippen molar-refractivity contribution in [3.05, 3.63) is 33.9 Å². The minimum absolute atomic E-state index is 0.171. The largest absolute Gasteiger partial charge is 0.360 e. The van der Waals surface area contributed by atoms with Crippen LogP contribution in [-0.4, -0.2) is 31.1 Å². The van der Waals surface area contributed by atoms with Crippen molar-refractivity contribution in [2.45, 2.75) is 6.92 Å². The summed E-state index contributed by atoms with van der Waals surface area (Å²) in [6.07, 6.45) is 0. The van der Waals surface area contributed by atoms with Crippen LogP contribution >= 0.6 is 0 Å². The van der Waals surface area contributed by atoms with E-state index in [0.29, 0.717) is 0 Å². The van der Waals surface area contributed by atoms with Crippen molar-refractivity contribution in [1.29, 1.82) is 0 Å². The van der Waals surface area contributed by atoms with Crippen LogP contribution in [0.15, 0.2) is 18.2 Å². The van der Waals surface area contributed by atoms with Crippen molar-refractivity contribution >= 4 is 11.4 Å². The molecule has 0 amide bonds. The molecule has 0 aliphatic carbocycles. The van der Waals surface area contributed by atoms with Gasteiger partial charge in [0.15, 0.2) is 0 Å². The van der Waals surface area contributed by atoms with Gasteiger partial charge < -0.3 is 10.2 Å². The van der Waals surface area contributed by atoms with Crippen molar-refractivity contribution in [1.82, 2.24) is 0 Å². The van der Waals surface area contributed by atoms with E-state index in [-0.39, 0.29) is 10.6 Å². The average Bonchev–Trinajstić information content (AvgIpc) is 2.30. The molecule has 0 atom stereocenters. The van der Waals surface area contributed by atoms with Crippen molar-refractivity contribution in [2.24, 2.45) is 0 Å². The third-order valence-electron chi connectivity index (χ3n) is 2.94. The molecule has 16 heavy (non-hydrogen) atoms. The molecule has 0 saturated carbocycles. The van der Waals surface area contributed by atoms with Crippen molar-refractivity contribution in [3.63, 3.8) is 0 Å². The molecule has 1 aromatic carbocycles. The van der Waals surface area contributed by atoms with Crippen LogP contribution in [0.4, 0.5) is 11.4 Å². The van der Waals surface area contributed by atoms with E-state index >= 15 is 0 Å². The third kappa shape index (κ3) is 2.14. The van der Waals surface area contributed by atoms with Gasteiger partial charge >= 0.3 is 0 Å². The first-order chi connectivity index (χ1) is 7.68. The van der Waals surface area contributed by atoms with E-state index in [1.807, 2.05) is 13.0 Å². The highest BCUT2D eigenvalue weighted by molar-refractivity contribution is 5.57. The Morgan fingerprint density at radius 3 is 2.62 bits per heavy atom. The lowest BCUT2D eigenvalue weighted by Gasteiger charge is -2.28. The number of aryl methyl sites for hydroxylation is 1. The lowest BCUT2D eigenvalue weighted by atomic mass is 10.1. The monoisotopic (exact) mass is 222 g/mol. The summed E-state index contributed by atoms with van der Waals surface area (Å²) in [6.45, 7) is 6.14. The highest BCUT2D eigenvalue weighted by atomic mass is 16.6. The Bertz CT molecular complexity index is 400. The highest BCUT2D eigenvalue weighted by Crippen LogP contribution is 2.24. The number of nitrogens with zero attached hydrogens (tertiary/aromatic N) is 2. The summed E-state index contributed by atoms with van der Waals surface area (Å²) in [5.74, 6) is 0. The fraction of sp³-hybridized carbons (Fsp3) is 0.455. The van der Waals surface area contributed by atoms with Gasteiger partial charge in [-0.15, -0.1) is 0 Å². The zero-order chi connectivity index (χ0) is 11.5. The molecule has 0 spiro atoms. The standard InChI is InChI=1S/C11H15N3O2/c1-9-8-10(14(15)16)2-3-11(9)13-6-4-12-5-7-13/h2-3,8,12H,4-7H2,1H3/p+1. The number of rotatable bonds is 2. The van der Waals surface area contributed by atoms with E-state index < -0.39 is 0 Å². The Morgan fingerprint density at radius 1 is 1.38 bits per heavy atom. The molecule has 5 nitrogen and oxygen atoms in total. The van der Waals surface area contributed by atoms with Crippen LogP contribution in [0.5, 0.6) is 0 Å². The number of nitro benzene ring substituents is 1. The number of anilines is 1. The summed E-state index contributed by atoms with van der Waals surface area (Å²) in [5.41, 5.74) is 2.28. The fourth-order valence-electron chi connectivity index (χ4n) is 2.10. The Labute approximate surface area is 94.2 Å². The molecule has 2 N–H and O–H groups in total. The molecule has 0 aromatic heterocycles. The topological polar surface area (TPSA) is 63.0 Å². The van der Waals surface area contributed by atoms with Crippen LogP contribution < -0.4 is 10.2 Å². The van der Waals surface area contributed by atoms with Crippen LogP contribution in [0.25, 0.3) is 0 Å². The zero-order valence-electron chi connectivity index (χ0n) is 9.35. The van der Waals surface area contributed by atoms with E-state index in [1.54, 1.807) is 12.1 Å². The highest BCUT2D eigenvalue weighted by Gasteiger charge is 2.16. The number of non-ortho nitro benzene ring substituents is 1. The van der Waals surface area contributed by atoms with E-state index in [9.17, 15) is 10.1 Å². The van der Waals surface area contributed by atoms with Crippen LogP contribution in [0.1, 0.15) is 5.56 Å². The lowest BCUT2D eigenvalue weighted by molar-refractivity contribution is -0.655. The Hall–Kier alpha value is -1.62. The molecule has 0 radical (unpaired) electrons. The second-order valence-corrected chi connectivity index (χ2v) is 4.08. The average molecular weight is 222 g/mol. The lowest BCUT2D eigenvalue weighted by Crippen LogP contribution is -2.89. The minimum atomic E-state index is -0.346. The molecular formula is C11H16N3O2+. The van der Waals surface area contributed by atoms with Gasteiger partial charge in [0.1, 0.15) is 0 Å². The number of benzene rings is 1. The maximum absolute atomic E-state index is 10.6. The van der Waals surface area contributed by atoms with Gasteiger partial charge in [-0.1, -0.05) is 0 Å². The maximum Gasteiger partial charge on any atom is 0.269 e. The number of nitro groups is 1. The van der Waals surface area contributed by atoms with Gasteiger partial charge in [-0.3, -0.25) is 10.1 Å². The first-order valence-electron chi connectivity index (χ1n) is 5.50. The van der Waals surface area contributed by atoms with E-state index in [0.717, 1.165) is 37.4 Å². The van der Waals surface area contributed by atoms with Gasteiger partial charge in [0.25, 0.3) is 5.69 Å². The summed E-state index contributed by atoms with van der Waals surface area (Å²) < 4.78 is 0. The molecule has 0 bridgehead atoms. The third-order valence-corrected chi connectivity index (χ3v) is 2.94. The van der Waals surface area contributed by atoms with Crippen molar-refractivity contribution in [2.75, 3.05) is 31.1 Å². The molecule has 1 fully saturated rings. The molecule has 1 aliphatic heterocycles.